The molecule has 1 aliphatic rings. The van der Waals surface area contributed by atoms with Crippen LogP contribution in [0.15, 0.2) is 65.4 Å². The van der Waals surface area contributed by atoms with Crippen LogP contribution in [0.3, 0.4) is 0 Å². The van der Waals surface area contributed by atoms with Gasteiger partial charge in [-0.3, -0.25) is 4.79 Å². The first-order valence-corrected chi connectivity index (χ1v) is 10.6. The van der Waals surface area contributed by atoms with E-state index in [0.29, 0.717) is 11.4 Å². The summed E-state index contributed by atoms with van der Waals surface area (Å²) in [5.41, 5.74) is 5.01. The Balaban J connectivity index is 1.53. The van der Waals surface area contributed by atoms with Crippen molar-refractivity contribution >= 4 is 27.5 Å². The fourth-order valence-corrected chi connectivity index (χ4v) is 4.29. The highest BCUT2D eigenvalue weighted by molar-refractivity contribution is 9.10. The predicted octanol–water partition coefficient (Wildman–Crippen LogP) is 4.35. The number of fused-ring (bicyclic) bond motifs is 1. The second-order valence-electron chi connectivity index (χ2n) is 7.19. The molecule has 5 rings (SSSR count). The van der Waals surface area contributed by atoms with Gasteiger partial charge in [0.15, 0.2) is 5.69 Å². The maximum Gasteiger partial charge on any atom is 0.276 e. The van der Waals surface area contributed by atoms with E-state index in [4.69, 9.17) is 5.10 Å². The maximum atomic E-state index is 13.3. The second-order valence-corrected chi connectivity index (χ2v) is 8.11. The van der Waals surface area contributed by atoms with E-state index in [9.17, 15) is 4.79 Å². The summed E-state index contributed by atoms with van der Waals surface area (Å²) in [7, 11) is 0. The zero-order chi connectivity index (χ0) is 20.5. The van der Waals surface area contributed by atoms with Gasteiger partial charge in [0.1, 0.15) is 0 Å². The van der Waals surface area contributed by atoms with Crippen LogP contribution in [-0.4, -0.2) is 30.7 Å². The molecular formula is C22H19BrN6O. The minimum Gasteiger partial charge on any atom is -0.319 e. The minimum absolute atomic E-state index is 0.213. The van der Waals surface area contributed by atoms with Gasteiger partial charge in [-0.1, -0.05) is 39.3 Å². The van der Waals surface area contributed by atoms with E-state index < -0.39 is 0 Å². The number of carbonyl (C=O) groups excluding carboxylic acids is 1. The molecule has 2 heterocycles. The van der Waals surface area contributed by atoms with Crippen LogP contribution >= 0.6 is 15.9 Å². The van der Waals surface area contributed by atoms with Gasteiger partial charge in [-0.05, 0) is 56.0 Å². The highest BCUT2D eigenvalue weighted by Crippen LogP contribution is 2.29. The number of nitrogens with one attached hydrogen (secondary N) is 1. The average molecular weight is 463 g/mol. The van der Waals surface area contributed by atoms with Gasteiger partial charge in [0.25, 0.3) is 5.91 Å². The van der Waals surface area contributed by atoms with Crippen molar-refractivity contribution in [3.8, 4) is 11.4 Å². The Morgan fingerprint density at radius 2 is 1.93 bits per heavy atom. The number of halogens is 1. The second kappa shape index (κ2) is 7.87. The molecule has 7 nitrogen and oxygen atoms in total. The molecule has 150 valence electrons. The summed E-state index contributed by atoms with van der Waals surface area (Å²) in [5.74, 6) is -0.213. The Morgan fingerprint density at radius 1 is 1.07 bits per heavy atom. The van der Waals surface area contributed by atoms with E-state index in [1.807, 2.05) is 53.2 Å². The molecular weight excluding hydrogens is 444 g/mol. The molecule has 1 amide bonds. The van der Waals surface area contributed by atoms with Crippen LogP contribution in [0.25, 0.3) is 11.4 Å². The lowest BCUT2D eigenvalue weighted by molar-refractivity contribution is 0.102. The number of carbonyl (C=O) groups is 1. The molecule has 8 heteroatoms. The van der Waals surface area contributed by atoms with Gasteiger partial charge in [-0.15, -0.1) is 5.10 Å². The molecule has 4 aromatic rings. The van der Waals surface area contributed by atoms with Crippen LogP contribution in [0, 0.1) is 0 Å². The summed E-state index contributed by atoms with van der Waals surface area (Å²) in [6.45, 7) is 0. The largest absolute Gasteiger partial charge is 0.319 e. The summed E-state index contributed by atoms with van der Waals surface area (Å²) >= 11 is 3.53. The van der Waals surface area contributed by atoms with E-state index in [1.54, 1.807) is 17.1 Å². The molecule has 1 aliphatic carbocycles. The zero-order valence-electron chi connectivity index (χ0n) is 16.1. The lowest BCUT2D eigenvalue weighted by atomic mass is 9.95. The first-order valence-electron chi connectivity index (χ1n) is 9.84. The van der Waals surface area contributed by atoms with Gasteiger partial charge in [0.05, 0.1) is 29.5 Å². The van der Waals surface area contributed by atoms with Crippen molar-refractivity contribution < 1.29 is 4.79 Å². The zero-order valence-corrected chi connectivity index (χ0v) is 17.7. The van der Waals surface area contributed by atoms with Crippen LogP contribution < -0.4 is 5.32 Å². The van der Waals surface area contributed by atoms with E-state index in [1.165, 1.54) is 0 Å². The fourth-order valence-electron chi connectivity index (χ4n) is 3.90. The van der Waals surface area contributed by atoms with Gasteiger partial charge in [-0.2, -0.15) is 5.10 Å². The normalized spacial score (nSPS) is 13.1. The molecule has 30 heavy (non-hydrogen) atoms. The van der Waals surface area contributed by atoms with Gasteiger partial charge in [0.2, 0.25) is 0 Å². The predicted molar refractivity (Wildman–Crippen MR) is 117 cm³/mol. The molecule has 0 unspecified atom stereocenters. The van der Waals surface area contributed by atoms with E-state index >= 15 is 0 Å². The topological polar surface area (TPSA) is 77.6 Å². The van der Waals surface area contributed by atoms with Crippen molar-refractivity contribution in [2.24, 2.45) is 0 Å². The first-order chi connectivity index (χ1) is 14.7. The summed E-state index contributed by atoms with van der Waals surface area (Å²) < 4.78 is 4.52. The monoisotopic (exact) mass is 462 g/mol. The van der Waals surface area contributed by atoms with E-state index in [-0.39, 0.29) is 5.91 Å². The van der Waals surface area contributed by atoms with Crippen molar-refractivity contribution in [2.45, 2.75) is 25.7 Å². The van der Waals surface area contributed by atoms with Gasteiger partial charge in [-0.25, -0.2) is 9.36 Å². The van der Waals surface area contributed by atoms with Crippen LogP contribution in [0.1, 0.15) is 34.6 Å². The van der Waals surface area contributed by atoms with Crippen molar-refractivity contribution in [1.82, 2.24) is 24.8 Å². The van der Waals surface area contributed by atoms with Gasteiger partial charge in [0, 0.05) is 15.7 Å². The third kappa shape index (κ3) is 3.43. The third-order valence-electron chi connectivity index (χ3n) is 5.27. The minimum atomic E-state index is -0.213. The Bertz CT molecular complexity index is 1210. The van der Waals surface area contributed by atoms with Crippen molar-refractivity contribution in [2.75, 3.05) is 5.32 Å². The summed E-state index contributed by atoms with van der Waals surface area (Å²) in [6.07, 6.45) is 7.29. The highest BCUT2D eigenvalue weighted by Gasteiger charge is 2.26. The number of amides is 1. The number of nitrogens with zero attached hydrogens (tertiary/aromatic N) is 5. The van der Waals surface area contributed by atoms with Gasteiger partial charge < -0.3 is 5.32 Å². The molecule has 0 bridgehead atoms. The summed E-state index contributed by atoms with van der Waals surface area (Å²) in [5, 5.41) is 15.7. The Morgan fingerprint density at radius 3 is 2.77 bits per heavy atom. The molecule has 0 saturated carbocycles. The Kier molecular flexibility index (Phi) is 4.92. The number of anilines is 1. The number of para-hydroxylation sites is 2. The number of aromatic nitrogens is 5. The van der Waals surface area contributed by atoms with Crippen molar-refractivity contribution in [3.63, 3.8) is 0 Å². The molecule has 0 fully saturated rings. The first kappa shape index (κ1) is 18.7. The number of benzene rings is 2. The molecule has 0 radical (unpaired) electrons. The summed E-state index contributed by atoms with van der Waals surface area (Å²) in [6, 6.07) is 15.5. The summed E-state index contributed by atoms with van der Waals surface area (Å²) in [4.78, 5) is 13.3. The van der Waals surface area contributed by atoms with Crippen LogP contribution in [0.4, 0.5) is 5.69 Å². The van der Waals surface area contributed by atoms with Crippen LogP contribution in [0.2, 0.25) is 0 Å². The molecule has 1 N–H and O–H groups in total. The molecule has 0 aliphatic heterocycles. The quantitative estimate of drug-likeness (QED) is 0.488. The number of hydrogen-bond acceptors (Lipinski definition) is 4. The fraction of sp³-hybridized carbons (Fsp3) is 0.182. The molecule has 0 atom stereocenters. The molecule has 2 aromatic heterocycles. The van der Waals surface area contributed by atoms with E-state index in [0.717, 1.165) is 52.8 Å². The van der Waals surface area contributed by atoms with Crippen molar-refractivity contribution in [3.05, 3.63) is 82.3 Å². The average Bonchev–Trinajstić information content (AvgIpc) is 3.42. The lowest BCUT2D eigenvalue weighted by Crippen LogP contribution is -2.17. The molecule has 2 aromatic carbocycles. The SMILES string of the molecule is O=C(Nc1ccccc1-n1ccnn1)c1nn(-c2cccc(Br)c2)c2c1CCCC2. The number of rotatable bonds is 4. The number of hydrogen-bond donors (Lipinski definition) is 1. The standard InChI is InChI=1S/C22H19BrN6O/c23-15-6-5-7-16(14-15)29-19-10-3-1-8-17(19)21(26-29)22(30)25-18-9-2-4-11-20(18)28-13-12-24-27-28/h2,4-7,9,11-14H,1,3,8,10H2,(H,25,30). The highest BCUT2D eigenvalue weighted by atomic mass is 79.9. The lowest BCUT2D eigenvalue weighted by Gasteiger charge is -2.14. The van der Waals surface area contributed by atoms with Gasteiger partial charge >= 0.3 is 0 Å². The van der Waals surface area contributed by atoms with E-state index in [2.05, 4.69) is 31.6 Å². The van der Waals surface area contributed by atoms with Crippen LogP contribution in [-0.2, 0) is 12.8 Å². The van der Waals surface area contributed by atoms with Crippen LogP contribution in [0.5, 0.6) is 0 Å². The Hall–Kier alpha value is -3.26. The van der Waals surface area contributed by atoms with Crippen molar-refractivity contribution in [1.29, 1.82) is 0 Å². The Labute approximate surface area is 181 Å². The maximum absolute atomic E-state index is 13.3. The third-order valence-corrected chi connectivity index (χ3v) is 5.76. The smallest absolute Gasteiger partial charge is 0.276 e. The molecule has 0 spiro atoms. The molecule has 0 saturated heterocycles.